The molecule has 0 unspecified atom stereocenters. The second-order valence-electron chi connectivity index (χ2n) is 8.09. The van der Waals surface area contributed by atoms with E-state index in [2.05, 4.69) is 23.5 Å². The first-order valence-electron chi connectivity index (χ1n) is 10.7. The average Bonchev–Trinajstić information content (AvgIpc) is 2.81. The van der Waals surface area contributed by atoms with E-state index < -0.39 is 22.8 Å². The van der Waals surface area contributed by atoms with Crippen molar-refractivity contribution in [2.75, 3.05) is 4.90 Å². The average molecular weight is 471 g/mol. The van der Waals surface area contributed by atoms with E-state index in [9.17, 15) is 24.5 Å². The summed E-state index contributed by atoms with van der Waals surface area (Å²) in [6.07, 6.45) is 1.37. The number of ether oxygens (including phenoxy) is 1. The lowest BCUT2D eigenvalue weighted by Gasteiger charge is -2.26. The highest BCUT2D eigenvalue weighted by molar-refractivity contribution is 6.39. The summed E-state index contributed by atoms with van der Waals surface area (Å²) in [5.41, 5.74) is 3.59. The largest absolute Gasteiger partial charge is 0.489 e. The van der Waals surface area contributed by atoms with Gasteiger partial charge >= 0.3 is 6.03 Å². The van der Waals surface area contributed by atoms with Gasteiger partial charge in [0, 0.05) is 12.1 Å². The number of anilines is 1. The van der Waals surface area contributed by atoms with Gasteiger partial charge in [0.1, 0.15) is 17.9 Å². The van der Waals surface area contributed by atoms with Crippen molar-refractivity contribution in [3.05, 3.63) is 105 Å². The van der Waals surface area contributed by atoms with Gasteiger partial charge in [-0.1, -0.05) is 41.5 Å². The molecule has 1 aliphatic heterocycles. The first-order chi connectivity index (χ1) is 16.7. The van der Waals surface area contributed by atoms with Crippen molar-refractivity contribution in [1.29, 1.82) is 0 Å². The number of urea groups is 1. The number of carbonyl (C=O) groups is 3. The molecule has 9 heteroatoms. The Kier molecular flexibility index (Phi) is 6.41. The molecule has 1 fully saturated rings. The monoisotopic (exact) mass is 471 g/mol. The number of hydrogen-bond donors (Lipinski definition) is 1. The van der Waals surface area contributed by atoms with Crippen molar-refractivity contribution in [3.63, 3.8) is 0 Å². The van der Waals surface area contributed by atoms with Gasteiger partial charge in [0.2, 0.25) is 0 Å². The molecule has 0 aliphatic carbocycles. The molecule has 0 radical (unpaired) electrons. The number of amides is 4. The number of aryl methyl sites for hydroxylation is 2. The number of nitrogens with one attached hydrogen (secondary N) is 1. The van der Waals surface area contributed by atoms with E-state index in [0.717, 1.165) is 21.6 Å². The summed E-state index contributed by atoms with van der Waals surface area (Å²) in [7, 11) is 0. The molecular weight excluding hydrogens is 450 g/mol. The molecule has 1 heterocycles. The molecule has 1 saturated heterocycles. The Morgan fingerprint density at radius 3 is 2.17 bits per heavy atom. The quantitative estimate of drug-likeness (QED) is 0.245. The van der Waals surface area contributed by atoms with Crippen LogP contribution < -0.4 is 15.0 Å². The summed E-state index contributed by atoms with van der Waals surface area (Å²) in [6.45, 7) is 4.45. The smallest absolute Gasteiger partial charge is 0.335 e. The summed E-state index contributed by atoms with van der Waals surface area (Å²) in [6, 6.07) is 17.0. The Hall–Kier alpha value is -4.79. The van der Waals surface area contributed by atoms with Crippen LogP contribution >= 0.6 is 0 Å². The van der Waals surface area contributed by atoms with Crippen LogP contribution in [0.25, 0.3) is 6.08 Å². The van der Waals surface area contributed by atoms with E-state index in [1.165, 1.54) is 30.3 Å². The van der Waals surface area contributed by atoms with E-state index in [4.69, 9.17) is 4.74 Å². The normalized spacial score (nSPS) is 14.7. The van der Waals surface area contributed by atoms with E-state index in [-0.39, 0.29) is 16.9 Å². The number of benzene rings is 3. The molecule has 0 bridgehead atoms. The third-order valence-corrected chi connectivity index (χ3v) is 5.30. The number of nitrogens with zero attached hydrogens (tertiary/aromatic N) is 2. The van der Waals surface area contributed by atoms with Crippen molar-refractivity contribution >= 4 is 35.3 Å². The molecule has 3 aromatic rings. The third kappa shape index (κ3) is 5.25. The predicted octanol–water partition coefficient (Wildman–Crippen LogP) is 4.46. The van der Waals surface area contributed by atoms with Gasteiger partial charge in [-0.3, -0.25) is 25.0 Å². The Bertz CT molecular complexity index is 1340. The minimum Gasteiger partial charge on any atom is -0.489 e. The zero-order valence-corrected chi connectivity index (χ0v) is 19.0. The number of barbiturate groups is 1. The molecular formula is C26H21N3O6. The molecule has 3 aromatic carbocycles. The molecule has 0 atom stereocenters. The molecule has 0 aromatic heterocycles. The maximum atomic E-state index is 13.0. The summed E-state index contributed by atoms with van der Waals surface area (Å²) in [5.74, 6) is -1.04. The van der Waals surface area contributed by atoms with Gasteiger partial charge in [-0.2, -0.15) is 0 Å². The topological polar surface area (TPSA) is 119 Å². The minimum absolute atomic E-state index is 0.103. The van der Waals surface area contributed by atoms with Gasteiger partial charge in [-0.25, -0.2) is 9.69 Å². The van der Waals surface area contributed by atoms with Crippen LogP contribution in [0.1, 0.15) is 22.3 Å². The zero-order valence-electron chi connectivity index (χ0n) is 19.0. The number of nitro groups is 1. The van der Waals surface area contributed by atoms with Gasteiger partial charge in [-0.05, 0) is 55.3 Å². The van der Waals surface area contributed by atoms with Crippen LogP contribution in [0, 0.1) is 24.0 Å². The summed E-state index contributed by atoms with van der Waals surface area (Å²) in [5, 5.41) is 13.0. The fourth-order valence-corrected chi connectivity index (χ4v) is 3.76. The Labute approximate surface area is 200 Å². The molecule has 4 amide bonds. The van der Waals surface area contributed by atoms with Gasteiger partial charge in [0.05, 0.1) is 10.6 Å². The highest BCUT2D eigenvalue weighted by atomic mass is 16.6. The molecule has 0 saturated carbocycles. The zero-order chi connectivity index (χ0) is 25.1. The van der Waals surface area contributed by atoms with Crippen LogP contribution in [0.3, 0.4) is 0 Å². The second-order valence-corrected chi connectivity index (χ2v) is 8.09. The molecule has 1 N–H and O–H groups in total. The maximum Gasteiger partial charge on any atom is 0.335 e. The number of carbonyl (C=O) groups excluding carboxylic acids is 3. The fraction of sp³-hybridized carbons (Fsp3) is 0.115. The lowest BCUT2D eigenvalue weighted by atomic mass is 10.1. The Balaban J connectivity index is 1.51. The lowest BCUT2D eigenvalue weighted by Crippen LogP contribution is -2.54. The fourth-order valence-electron chi connectivity index (χ4n) is 3.76. The van der Waals surface area contributed by atoms with Crippen molar-refractivity contribution in [3.8, 4) is 5.75 Å². The minimum atomic E-state index is -0.930. The SMILES string of the molecule is Cc1cc(C)cc(COc2ccc(/C=C3\C(=O)NC(=O)N(c4ccc([N+](=O)[O-])cc4)C3=O)cc2)c1. The molecule has 0 spiro atoms. The van der Waals surface area contributed by atoms with Crippen molar-refractivity contribution in [2.24, 2.45) is 0 Å². The van der Waals surface area contributed by atoms with Crippen LogP contribution in [-0.4, -0.2) is 22.8 Å². The molecule has 1 aliphatic rings. The number of imide groups is 2. The third-order valence-electron chi connectivity index (χ3n) is 5.30. The lowest BCUT2D eigenvalue weighted by molar-refractivity contribution is -0.384. The van der Waals surface area contributed by atoms with Gasteiger partial charge in [0.15, 0.2) is 0 Å². The van der Waals surface area contributed by atoms with Gasteiger partial charge in [-0.15, -0.1) is 0 Å². The number of non-ortho nitro benzene ring substituents is 1. The highest BCUT2D eigenvalue weighted by Gasteiger charge is 2.36. The molecule has 9 nitrogen and oxygen atoms in total. The summed E-state index contributed by atoms with van der Waals surface area (Å²) < 4.78 is 5.84. The number of nitro benzene ring substituents is 1. The summed E-state index contributed by atoms with van der Waals surface area (Å²) >= 11 is 0. The first-order valence-corrected chi connectivity index (χ1v) is 10.7. The first kappa shape index (κ1) is 23.4. The standard InChI is InChI=1S/C26H21N3O6/c1-16-11-17(2)13-19(12-16)15-35-22-9-3-18(4-10-22)14-23-24(30)27-26(32)28(25(23)31)20-5-7-21(8-6-20)29(33)34/h3-14H,15H2,1-2H3,(H,27,30,32)/b23-14+. The summed E-state index contributed by atoms with van der Waals surface area (Å²) in [4.78, 5) is 48.7. The van der Waals surface area contributed by atoms with E-state index >= 15 is 0 Å². The van der Waals surface area contributed by atoms with Crippen molar-refractivity contribution in [2.45, 2.75) is 20.5 Å². The predicted molar refractivity (Wildman–Crippen MR) is 129 cm³/mol. The molecule has 176 valence electrons. The van der Waals surface area contributed by atoms with Gasteiger partial charge < -0.3 is 4.74 Å². The van der Waals surface area contributed by atoms with Crippen molar-refractivity contribution < 1.29 is 24.0 Å². The van der Waals surface area contributed by atoms with Crippen LogP contribution in [0.5, 0.6) is 5.75 Å². The van der Waals surface area contributed by atoms with Gasteiger partial charge in [0.25, 0.3) is 17.5 Å². The Morgan fingerprint density at radius 2 is 1.57 bits per heavy atom. The van der Waals surface area contributed by atoms with Crippen LogP contribution in [0.4, 0.5) is 16.2 Å². The molecule has 35 heavy (non-hydrogen) atoms. The van der Waals surface area contributed by atoms with Crippen molar-refractivity contribution in [1.82, 2.24) is 5.32 Å². The van der Waals surface area contributed by atoms with Crippen LogP contribution in [0.2, 0.25) is 0 Å². The number of hydrogen-bond acceptors (Lipinski definition) is 6. The second kappa shape index (κ2) is 9.60. The molecule has 4 rings (SSSR count). The van der Waals surface area contributed by atoms with Crippen LogP contribution in [0.15, 0.2) is 72.3 Å². The maximum absolute atomic E-state index is 13.0. The van der Waals surface area contributed by atoms with E-state index in [0.29, 0.717) is 17.9 Å². The number of rotatable bonds is 6. The Morgan fingerprint density at radius 1 is 0.943 bits per heavy atom. The van der Waals surface area contributed by atoms with E-state index in [1.54, 1.807) is 24.3 Å². The van der Waals surface area contributed by atoms with E-state index in [1.807, 2.05) is 13.8 Å². The van der Waals surface area contributed by atoms with Crippen LogP contribution in [-0.2, 0) is 16.2 Å². The highest BCUT2D eigenvalue weighted by Crippen LogP contribution is 2.25.